The van der Waals surface area contributed by atoms with Crippen molar-refractivity contribution < 1.29 is 19.1 Å². The SMILES string of the molecule is COC(=O)c1c(-c2ccccc2Cl)csc1NC(=O)CN1C[C@@H](C)O[C@@H](C)C1. The molecule has 3 rings (SSSR count). The number of amides is 1. The number of morpholine rings is 1. The number of esters is 1. The fourth-order valence-corrected chi connectivity index (χ4v) is 4.62. The zero-order valence-electron chi connectivity index (χ0n) is 16.0. The Morgan fingerprint density at radius 3 is 2.57 bits per heavy atom. The van der Waals surface area contributed by atoms with Crippen LogP contribution in [0.3, 0.4) is 0 Å². The quantitative estimate of drug-likeness (QED) is 0.740. The summed E-state index contributed by atoms with van der Waals surface area (Å²) in [6, 6.07) is 7.26. The van der Waals surface area contributed by atoms with E-state index in [2.05, 4.69) is 10.2 Å². The predicted octanol–water partition coefficient (Wildman–Crippen LogP) is 3.90. The van der Waals surface area contributed by atoms with Crippen LogP contribution in [-0.4, -0.2) is 55.7 Å². The molecule has 1 N–H and O–H groups in total. The van der Waals surface area contributed by atoms with Gasteiger partial charge >= 0.3 is 5.97 Å². The molecule has 0 aliphatic carbocycles. The fraction of sp³-hybridized carbons (Fsp3) is 0.400. The number of hydrogen-bond donors (Lipinski definition) is 1. The van der Waals surface area contributed by atoms with Crippen molar-refractivity contribution in [2.24, 2.45) is 0 Å². The zero-order valence-corrected chi connectivity index (χ0v) is 17.6. The second kappa shape index (κ2) is 9.05. The van der Waals surface area contributed by atoms with Crippen molar-refractivity contribution >= 4 is 39.8 Å². The van der Waals surface area contributed by atoms with Gasteiger partial charge < -0.3 is 14.8 Å². The van der Waals surface area contributed by atoms with Crippen LogP contribution in [0.15, 0.2) is 29.6 Å². The third-order valence-electron chi connectivity index (χ3n) is 4.46. The van der Waals surface area contributed by atoms with Crippen LogP contribution in [0.5, 0.6) is 0 Å². The Labute approximate surface area is 173 Å². The van der Waals surface area contributed by atoms with E-state index in [0.717, 1.165) is 5.56 Å². The van der Waals surface area contributed by atoms with Gasteiger partial charge in [-0.15, -0.1) is 11.3 Å². The Hall–Kier alpha value is -1.93. The highest BCUT2D eigenvalue weighted by atomic mass is 35.5. The molecule has 1 fully saturated rings. The summed E-state index contributed by atoms with van der Waals surface area (Å²) < 4.78 is 10.6. The predicted molar refractivity (Wildman–Crippen MR) is 111 cm³/mol. The van der Waals surface area contributed by atoms with Gasteiger partial charge in [-0.05, 0) is 19.9 Å². The summed E-state index contributed by atoms with van der Waals surface area (Å²) in [5.41, 5.74) is 1.68. The minimum Gasteiger partial charge on any atom is -0.465 e. The Kier molecular flexibility index (Phi) is 6.72. The van der Waals surface area contributed by atoms with Crippen LogP contribution in [0, 0.1) is 0 Å². The highest BCUT2D eigenvalue weighted by Crippen LogP contribution is 2.39. The molecule has 0 unspecified atom stereocenters. The Balaban J connectivity index is 1.81. The van der Waals surface area contributed by atoms with Crippen molar-refractivity contribution in [3.05, 3.63) is 40.2 Å². The molecule has 0 bridgehead atoms. The van der Waals surface area contributed by atoms with Gasteiger partial charge in [0.05, 0.1) is 25.9 Å². The van der Waals surface area contributed by atoms with Crippen LogP contribution in [0.1, 0.15) is 24.2 Å². The number of ether oxygens (including phenoxy) is 2. The number of nitrogens with one attached hydrogen (secondary N) is 1. The summed E-state index contributed by atoms with van der Waals surface area (Å²) in [5, 5.41) is 5.66. The fourth-order valence-electron chi connectivity index (χ4n) is 3.42. The van der Waals surface area contributed by atoms with Gasteiger partial charge in [-0.3, -0.25) is 9.69 Å². The average Bonchev–Trinajstić information content (AvgIpc) is 3.03. The van der Waals surface area contributed by atoms with Gasteiger partial charge in [0.25, 0.3) is 0 Å². The smallest absolute Gasteiger partial charge is 0.341 e. The third kappa shape index (κ3) is 4.72. The molecule has 0 radical (unpaired) electrons. The topological polar surface area (TPSA) is 67.9 Å². The Morgan fingerprint density at radius 1 is 1.25 bits per heavy atom. The van der Waals surface area contributed by atoms with E-state index < -0.39 is 5.97 Å². The summed E-state index contributed by atoms with van der Waals surface area (Å²) in [5.74, 6) is -0.695. The number of thiophene rings is 1. The van der Waals surface area contributed by atoms with Gasteiger partial charge in [-0.2, -0.15) is 0 Å². The highest BCUT2D eigenvalue weighted by molar-refractivity contribution is 7.15. The number of carbonyl (C=O) groups is 2. The molecule has 2 aromatic rings. The van der Waals surface area contributed by atoms with Crippen LogP contribution in [0.2, 0.25) is 5.02 Å². The molecule has 150 valence electrons. The van der Waals surface area contributed by atoms with Crippen molar-refractivity contribution in [2.45, 2.75) is 26.1 Å². The number of anilines is 1. The van der Waals surface area contributed by atoms with Crippen LogP contribution < -0.4 is 5.32 Å². The van der Waals surface area contributed by atoms with Crippen molar-refractivity contribution in [2.75, 3.05) is 32.1 Å². The van der Waals surface area contributed by atoms with Crippen LogP contribution in [0.4, 0.5) is 5.00 Å². The van der Waals surface area contributed by atoms with Gasteiger partial charge in [-0.25, -0.2) is 4.79 Å². The van der Waals surface area contributed by atoms with Crippen molar-refractivity contribution in [3.8, 4) is 11.1 Å². The zero-order chi connectivity index (χ0) is 20.3. The first-order valence-electron chi connectivity index (χ1n) is 9.01. The first kappa shape index (κ1) is 20.8. The maximum Gasteiger partial charge on any atom is 0.341 e. The largest absolute Gasteiger partial charge is 0.465 e. The molecule has 1 aromatic heterocycles. The third-order valence-corrected chi connectivity index (χ3v) is 5.69. The minimum absolute atomic E-state index is 0.0794. The molecular formula is C20H23ClN2O4S. The van der Waals surface area contributed by atoms with Crippen LogP contribution in [-0.2, 0) is 14.3 Å². The molecule has 1 amide bonds. The van der Waals surface area contributed by atoms with E-state index >= 15 is 0 Å². The molecule has 0 saturated carbocycles. The Bertz CT molecular complexity index is 860. The molecule has 2 heterocycles. The molecule has 6 nitrogen and oxygen atoms in total. The number of carbonyl (C=O) groups excluding carboxylic acids is 2. The highest BCUT2D eigenvalue weighted by Gasteiger charge is 2.26. The van der Waals surface area contributed by atoms with Gasteiger partial charge in [0.1, 0.15) is 10.6 Å². The molecule has 1 aliphatic rings. The van der Waals surface area contributed by atoms with Gasteiger partial charge in [-0.1, -0.05) is 29.8 Å². The maximum absolute atomic E-state index is 12.6. The van der Waals surface area contributed by atoms with Crippen LogP contribution >= 0.6 is 22.9 Å². The first-order chi connectivity index (χ1) is 13.4. The number of benzene rings is 1. The molecule has 8 heteroatoms. The minimum atomic E-state index is -0.514. The number of halogens is 1. The molecule has 1 aliphatic heterocycles. The lowest BCUT2D eigenvalue weighted by Crippen LogP contribution is -2.48. The first-order valence-corrected chi connectivity index (χ1v) is 10.3. The second-order valence-corrected chi connectivity index (χ2v) is 8.11. The summed E-state index contributed by atoms with van der Waals surface area (Å²) in [6.07, 6.45) is 0.159. The van der Waals surface area contributed by atoms with E-state index in [0.29, 0.717) is 34.2 Å². The molecule has 28 heavy (non-hydrogen) atoms. The lowest BCUT2D eigenvalue weighted by Gasteiger charge is -2.34. The number of hydrogen-bond acceptors (Lipinski definition) is 6. The summed E-state index contributed by atoms with van der Waals surface area (Å²) in [6.45, 7) is 5.60. The second-order valence-electron chi connectivity index (χ2n) is 6.82. The Morgan fingerprint density at radius 2 is 1.93 bits per heavy atom. The monoisotopic (exact) mass is 422 g/mol. The van der Waals surface area contributed by atoms with E-state index in [1.807, 2.05) is 37.4 Å². The van der Waals surface area contributed by atoms with Gasteiger partial charge in [0, 0.05) is 34.6 Å². The lowest BCUT2D eigenvalue weighted by molar-refractivity contribution is -0.121. The van der Waals surface area contributed by atoms with E-state index in [9.17, 15) is 9.59 Å². The van der Waals surface area contributed by atoms with E-state index in [-0.39, 0.29) is 24.7 Å². The van der Waals surface area contributed by atoms with Gasteiger partial charge in [0.15, 0.2) is 0 Å². The lowest BCUT2D eigenvalue weighted by atomic mass is 10.0. The van der Waals surface area contributed by atoms with Gasteiger partial charge in [0.2, 0.25) is 5.91 Å². The molecule has 1 aromatic carbocycles. The van der Waals surface area contributed by atoms with Crippen molar-refractivity contribution in [1.29, 1.82) is 0 Å². The van der Waals surface area contributed by atoms with E-state index in [4.69, 9.17) is 21.1 Å². The number of nitrogens with zero attached hydrogens (tertiary/aromatic N) is 1. The summed E-state index contributed by atoms with van der Waals surface area (Å²) in [4.78, 5) is 27.1. The maximum atomic E-state index is 12.6. The normalized spacial score (nSPS) is 20.0. The van der Waals surface area contributed by atoms with E-state index in [1.54, 1.807) is 6.07 Å². The summed E-state index contributed by atoms with van der Waals surface area (Å²) >= 11 is 7.58. The number of methoxy groups -OCH3 is 1. The average molecular weight is 423 g/mol. The number of rotatable bonds is 5. The molecule has 1 saturated heterocycles. The molecule has 2 atom stereocenters. The molecular weight excluding hydrogens is 400 g/mol. The van der Waals surface area contributed by atoms with Crippen molar-refractivity contribution in [1.82, 2.24) is 4.90 Å². The molecule has 0 spiro atoms. The standard InChI is InChI=1S/C20H23ClN2O4S/c1-12-8-23(9-13(2)27-12)10-17(24)22-19-18(20(25)26-3)15(11-28-19)14-6-4-5-7-16(14)21/h4-7,11-13H,8-10H2,1-3H3,(H,22,24)/t12-,13+. The van der Waals surface area contributed by atoms with E-state index in [1.165, 1.54) is 18.4 Å². The van der Waals surface area contributed by atoms with Crippen LogP contribution in [0.25, 0.3) is 11.1 Å². The summed E-state index contributed by atoms with van der Waals surface area (Å²) in [7, 11) is 1.32. The van der Waals surface area contributed by atoms with Crippen molar-refractivity contribution in [3.63, 3.8) is 0 Å².